The number of nitrogens with two attached hydrogens (primary N) is 1. The lowest BCUT2D eigenvalue weighted by Crippen LogP contribution is -2.25. The standard InChI is InChI=1S/C13H20N4S/c1-4-17(9-11-6-5-7-18-11)13-12(8-14)10(2)15-16(13)3/h5-7H,4,8-9,14H2,1-3H3. The van der Waals surface area contributed by atoms with Crippen molar-refractivity contribution in [3.05, 3.63) is 33.6 Å². The minimum absolute atomic E-state index is 0.538. The van der Waals surface area contributed by atoms with Crippen molar-refractivity contribution in [1.82, 2.24) is 9.78 Å². The van der Waals surface area contributed by atoms with Gasteiger partial charge in [0.2, 0.25) is 0 Å². The fourth-order valence-electron chi connectivity index (χ4n) is 2.25. The number of hydrogen-bond donors (Lipinski definition) is 1. The summed E-state index contributed by atoms with van der Waals surface area (Å²) >= 11 is 1.78. The maximum Gasteiger partial charge on any atom is 0.131 e. The molecule has 0 unspecified atom stereocenters. The van der Waals surface area contributed by atoms with Gasteiger partial charge in [0.1, 0.15) is 5.82 Å². The van der Waals surface area contributed by atoms with Crippen LogP contribution in [0.3, 0.4) is 0 Å². The Morgan fingerprint density at radius 3 is 2.83 bits per heavy atom. The third-order valence-electron chi connectivity index (χ3n) is 3.13. The first-order valence-electron chi connectivity index (χ1n) is 6.17. The molecule has 4 nitrogen and oxygen atoms in total. The first-order valence-corrected chi connectivity index (χ1v) is 7.05. The van der Waals surface area contributed by atoms with Crippen molar-refractivity contribution in [1.29, 1.82) is 0 Å². The lowest BCUT2D eigenvalue weighted by atomic mass is 10.2. The fraction of sp³-hybridized carbons (Fsp3) is 0.462. The normalized spacial score (nSPS) is 10.9. The van der Waals surface area contributed by atoms with Crippen LogP contribution in [0.4, 0.5) is 5.82 Å². The zero-order valence-corrected chi connectivity index (χ0v) is 12.0. The summed E-state index contributed by atoms with van der Waals surface area (Å²) in [6.07, 6.45) is 0. The zero-order valence-electron chi connectivity index (χ0n) is 11.2. The molecule has 0 aromatic carbocycles. The number of aromatic nitrogens is 2. The molecular weight excluding hydrogens is 244 g/mol. The Kier molecular flexibility index (Phi) is 4.04. The predicted molar refractivity (Wildman–Crippen MR) is 76.9 cm³/mol. The molecule has 2 rings (SSSR count). The highest BCUT2D eigenvalue weighted by atomic mass is 32.1. The van der Waals surface area contributed by atoms with Crippen LogP contribution < -0.4 is 10.6 Å². The van der Waals surface area contributed by atoms with Crippen molar-refractivity contribution < 1.29 is 0 Å². The Hall–Kier alpha value is -1.33. The van der Waals surface area contributed by atoms with Crippen molar-refractivity contribution in [2.24, 2.45) is 12.8 Å². The van der Waals surface area contributed by atoms with Gasteiger partial charge in [-0.3, -0.25) is 4.68 Å². The molecule has 2 aromatic heterocycles. The van der Waals surface area contributed by atoms with E-state index in [1.165, 1.54) is 4.88 Å². The van der Waals surface area contributed by atoms with Crippen LogP contribution in [0.25, 0.3) is 0 Å². The molecule has 0 aliphatic carbocycles. The van der Waals surface area contributed by atoms with E-state index in [0.29, 0.717) is 6.54 Å². The maximum absolute atomic E-state index is 5.85. The van der Waals surface area contributed by atoms with Crippen LogP contribution >= 0.6 is 11.3 Å². The van der Waals surface area contributed by atoms with E-state index in [4.69, 9.17) is 5.73 Å². The van der Waals surface area contributed by atoms with Crippen molar-refractivity contribution in [2.75, 3.05) is 11.4 Å². The Morgan fingerprint density at radius 1 is 1.50 bits per heavy atom. The van der Waals surface area contributed by atoms with E-state index in [-0.39, 0.29) is 0 Å². The summed E-state index contributed by atoms with van der Waals surface area (Å²) in [5.74, 6) is 1.14. The van der Waals surface area contributed by atoms with Gasteiger partial charge in [0.25, 0.3) is 0 Å². The summed E-state index contributed by atoms with van der Waals surface area (Å²) in [5, 5.41) is 6.59. The van der Waals surface area contributed by atoms with E-state index in [1.54, 1.807) is 11.3 Å². The van der Waals surface area contributed by atoms with Gasteiger partial charge in [0, 0.05) is 30.6 Å². The van der Waals surface area contributed by atoms with E-state index in [0.717, 1.165) is 30.2 Å². The largest absolute Gasteiger partial charge is 0.352 e. The molecule has 0 aliphatic heterocycles. The van der Waals surface area contributed by atoms with Gasteiger partial charge in [-0.25, -0.2) is 0 Å². The molecule has 0 fully saturated rings. The maximum atomic E-state index is 5.85. The van der Waals surface area contributed by atoms with E-state index in [2.05, 4.69) is 34.4 Å². The molecule has 0 aliphatic rings. The van der Waals surface area contributed by atoms with E-state index in [1.807, 2.05) is 18.7 Å². The molecule has 0 spiro atoms. The molecule has 0 atom stereocenters. The SMILES string of the molecule is CCN(Cc1cccs1)c1c(CN)c(C)nn1C. The highest BCUT2D eigenvalue weighted by molar-refractivity contribution is 7.09. The van der Waals surface area contributed by atoms with Gasteiger partial charge < -0.3 is 10.6 Å². The third kappa shape index (κ3) is 2.42. The third-order valence-corrected chi connectivity index (χ3v) is 3.99. The molecule has 98 valence electrons. The van der Waals surface area contributed by atoms with E-state index >= 15 is 0 Å². The minimum atomic E-state index is 0.538. The topological polar surface area (TPSA) is 47.1 Å². The average Bonchev–Trinajstić information content (AvgIpc) is 2.94. The summed E-state index contributed by atoms with van der Waals surface area (Å²) in [6, 6.07) is 4.25. The number of aryl methyl sites for hydroxylation is 2. The predicted octanol–water partition coefficient (Wildman–Crippen LogP) is 2.28. The minimum Gasteiger partial charge on any atom is -0.352 e. The molecule has 0 saturated heterocycles. The Balaban J connectivity index is 2.32. The molecular formula is C13H20N4S. The second-order valence-corrected chi connectivity index (χ2v) is 5.34. The van der Waals surface area contributed by atoms with Crippen LogP contribution in [-0.4, -0.2) is 16.3 Å². The molecule has 2 aromatic rings. The van der Waals surface area contributed by atoms with E-state index < -0.39 is 0 Å². The first-order chi connectivity index (χ1) is 8.67. The molecule has 0 amide bonds. The van der Waals surface area contributed by atoms with Crippen molar-refractivity contribution in [2.45, 2.75) is 26.9 Å². The highest BCUT2D eigenvalue weighted by Crippen LogP contribution is 2.25. The summed E-state index contributed by atoms with van der Waals surface area (Å²) in [4.78, 5) is 3.69. The smallest absolute Gasteiger partial charge is 0.131 e. The van der Waals surface area contributed by atoms with Gasteiger partial charge in [-0.05, 0) is 25.3 Å². The lowest BCUT2D eigenvalue weighted by Gasteiger charge is -2.23. The Bertz CT molecular complexity index is 501. The van der Waals surface area contributed by atoms with Gasteiger partial charge in [-0.2, -0.15) is 5.10 Å². The van der Waals surface area contributed by atoms with Crippen LogP contribution in [-0.2, 0) is 20.1 Å². The second kappa shape index (κ2) is 5.54. The fourth-order valence-corrected chi connectivity index (χ4v) is 2.97. The second-order valence-electron chi connectivity index (χ2n) is 4.31. The average molecular weight is 264 g/mol. The molecule has 0 bridgehead atoms. The van der Waals surface area contributed by atoms with Crippen LogP contribution in [0, 0.1) is 6.92 Å². The summed E-state index contributed by atoms with van der Waals surface area (Å²) in [6.45, 7) is 6.58. The monoisotopic (exact) mass is 264 g/mol. The van der Waals surface area contributed by atoms with Gasteiger partial charge in [0.15, 0.2) is 0 Å². The molecule has 0 radical (unpaired) electrons. The molecule has 5 heteroatoms. The van der Waals surface area contributed by atoms with Crippen LogP contribution in [0.5, 0.6) is 0 Å². The van der Waals surface area contributed by atoms with Crippen LogP contribution in [0.15, 0.2) is 17.5 Å². The number of nitrogens with zero attached hydrogens (tertiary/aromatic N) is 3. The number of hydrogen-bond acceptors (Lipinski definition) is 4. The van der Waals surface area contributed by atoms with Gasteiger partial charge in [-0.15, -0.1) is 11.3 Å². The number of thiophene rings is 1. The summed E-state index contributed by atoms with van der Waals surface area (Å²) < 4.78 is 1.94. The molecule has 2 N–H and O–H groups in total. The first kappa shape index (κ1) is 13.1. The van der Waals surface area contributed by atoms with Crippen LogP contribution in [0.1, 0.15) is 23.1 Å². The van der Waals surface area contributed by atoms with Gasteiger partial charge in [0.05, 0.1) is 12.2 Å². The number of rotatable bonds is 5. The highest BCUT2D eigenvalue weighted by Gasteiger charge is 2.17. The Morgan fingerprint density at radius 2 is 2.28 bits per heavy atom. The summed E-state index contributed by atoms with van der Waals surface area (Å²) in [7, 11) is 1.98. The molecule has 2 heterocycles. The molecule has 0 saturated carbocycles. The zero-order chi connectivity index (χ0) is 13.1. The molecule has 18 heavy (non-hydrogen) atoms. The van der Waals surface area contributed by atoms with Crippen LogP contribution in [0.2, 0.25) is 0 Å². The quantitative estimate of drug-likeness (QED) is 0.901. The summed E-state index contributed by atoms with van der Waals surface area (Å²) in [5.41, 5.74) is 8.03. The lowest BCUT2D eigenvalue weighted by molar-refractivity contribution is 0.706. The van der Waals surface area contributed by atoms with Gasteiger partial charge in [-0.1, -0.05) is 6.07 Å². The van der Waals surface area contributed by atoms with Crippen molar-refractivity contribution in [3.8, 4) is 0 Å². The van der Waals surface area contributed by atoms with Gasteiger partial charge >= 0.3 is 0 Å². The Labute approximate surface area is 112 Å². The van der Waals surface area contributed by atoms with Crippen molar-refractivity contribution in [3.63, 3.8) is 0 Å². The van der Waals surface area contributed by atoms with Crippen molar-refractivity contribution >= 4 is 17.2 Å². The van der Waals surface area contributed by atoms with E-state index in [9.17, 15) is 0 Å². The number of anilines is 1.